The molecule has 2 aromatic carbocycles. The summed E-state index contributed by atoms with van der Waals surface area (Å²) in [5.41, 5.74) is 4.20. The number of rotatable bonds is 7. The number of aryl methyl sites for hydroxylation is 3. The summed E-state index contributed by atoms with van der Waals surface area (Å²) in [7, 11) is 3.26. The molecule has 24 heavy (non-hydrogen) atoms. The van der Waals surface area contributed by atoms with Gasteiger partial charge in [-0.15, -0.1) is 0 Å². The molecular formula is C20H25NO3. The Balaban J connectivity index is 1.84. The van der Waals surface area contributed by atoms with E-state index in [9.17, 15) is 4.79 Å². The monoisotopic (exact) mass is 327 g/mol. The molecule has 0 aliphatic carbocycles. The number of nitrogens with one attached hydrogen (secondary N) is 1. The van der Waals surface area contributed by atoms with Crippen LogP contribution in [0, 0.1) is 13.8 Å². The van der Waals surface area contributed by atoms with Crippen LogP contribution in [-0.4, -0.2) is 26.7 Å². The van der Waals surface area contributed by atoms with Crippen molar-refractivity contribution < 1.29 is 14.3 Å². The molecule has 0 spiro atoms. The molecule has 4 heteroatoms. The van der Waals surface area contributed by atoms with Crippen molar-refractivity contribution in [2.75, 3.05) is 20.8 Å². The lowest BCUT2D eigenvalue weighted by Gasteiger charge is -2.10. The average Bonchev–Trinajstić information content (AvgIpc) is 2.60. The number of hydrogen-bond acceptors (Lipinski definition) is 3. The Morgan fingerprint density at radius 2 is 1.71 bits per heavy atom. The van der Waals surface area contributed by atoms with Crippen molar-refractivity contribution in [1.29, 1.82) is 0 Å². The maximum absolute atomic E-state index is 12.2. The van der Waals surface area contributed by atoms with Gasteiger partial charge in [0, 0.05) is 12.1 Å². The molecule has 0 saturated heterocycles. The van der Waals surface area contributed by atoms with E-state index in [1.54, 1.807) is 14.2 Å². The summed E-state index contributed by atoms with van der Waals surface area (Å²) in [6.45, 7) is 4.70. The number of amides is 1. The number of benzene rings is 2. The Morgan fingerprint density at radius 1 is 0.958 bits per heavy atom. The van der Waals surface area contributed by atoms with E-state index in [1.807, 2.05) is 50.2 Å². The Labute approximate surface area is 143 Å². The van der Waals surface area contributed by atoms with E-state index in [1.165, 1.54) is 5.56 Å². The lowest BCUT2D eigenvalue weighted by molar-refractivity contribution is 0.0953. The van der Waals surface area contributed by atoms with Crippen molar-refractivity contribution in [2.45, 2.75) is 26.7 Å². The number of carbonyl (C=O) groups excluding carboxylic acids is 1. The zero-order valence-electron chi connectivity index (χ0n) is 14.8. The van der Waals surface area contributed by atoms with Crippen LogP contribution in [0.4, 0.5) is 0 Å². The van der Waals surface area contributed by atoms with Gasteiger partial charge in [-0.2, -0.15) is 0 Å². The Morgan fingerprint density at radius 3 is 2.38 bits per heavy atom. The molecule has 0 aliphatic rings. The van der Waals surface area contributed by atoms with Crippen LogP contribution in [-0.2, 0) is 6.42 Å². The van der Waals surface area contributed by atoms with Gasteiger partial charge in [-0.1, -0.05) is 12.1 Å². The van der Waals surface area contributed by atoms with Crippen molar-refractivity contribution in [3.63, 3.8) is 0 Å². The maximum atomic E-state index is 12.2. The van der Waals surface area contributed by atoms with Gasteiger partial charge in [0.25, 0.3) is 5.91 Å². The molecule has 4 nitrogen and oxygen atoms in total. The second-order valence-corrected chi connectivity index (χ2v) is 5.85. The first kappa shape index (κ1) is 17.9. The first-order valence-electron chi connectivity index (χ1n) is 8.11. The van der Waals surface area contributed by atoms with Crippen molar-refractivity contribution in [1.82, 2.24) is 5.32 Å². The van der Waals surface area contributed by atoms with E-state index < -0.39 is 0 Å². The van der Waals surface area contributed by atoms with Crippen LogP contribution in [0.25, 0.3) is 0 Å². The summed E-state index contributed by atoms with van der Waals surface area (Å²) >= 11 is 0. The van der Waals surface area contributed by atoms with Crippen molar-refractivity contribution in [2.24, 2.45) is 0 Å². The van der Waals surface area contributed by atoms with Crippen molar-refractivity contribution in [3.8, 4) is 11.5 Å². The van der Waals surface area contributed by atoms with Gasteiger partial charge in [0.05, 0.1) is 14.2 Å². The van der Waals surface area contributed by atoms with Crippen molar-refractivity contribution in [3.05, 3.63) is 58.7 Å². The minimum Gasteiger partial charge on any atom is -0.493 e. The number of carbonyl (C=O) groups is 1. The normalized spacial score (nSPS) is 10.3. The molecule has 0 bridgehead atoms. The second kappa shape index (κ2) is 8.39. The summed E-state index contributed by atoms with van der Waals surface area (Å²) in [5.74, 6) is 1.43. The summed E-state index contributed by atoms with van der Waals surface area (Å²) in [6, 6.07) is 11.7. The minimum atomic E-state index is -0.0228. The van der Waals surface area contributed by atoms with Gasteiger partial charge < -0.3 is 14.8 Å². The van der Waals surface area contributed by atoms with E-state index in [0.717, 1.165) is 35.5 Å². The van der Waals surface area contributed by atoms with Gasteiger partial charge >= 0.3 is 0 Å². The van der Waals surface area contributed by atoms with E-state index in [2.05, 4.69) is 5.32 Å². The van der Waals surface area contributed by atoms with Crippen LogP contribution >= 0.6 is 0 Å². The highest BCUT2D eigenvalue weighted by molar-refractivity contribution is 5.94. The average molecular weight is 327 g/mol. The smallest absolute Gasteiger partial charge is 0.251 e. The number of ether oxygens (including phenoxy) is 2. The number of methoxy groups -OCH3 is 2. The van der Waals surface area contributed by atoms with Crippen LogP contribution in [0.15, 0.2) is 36.4 Å². The first-order chi connectivity index (χ1) is 11.5. The highest BCUT2D eigenvalue weighted by Gasteiger charge is 2.07. The molecule has 0 atom stereocenters. The zero-order chi connectivity index (χ0) is 17.5. The molecule has 0 aliphatic heterocycles. The molecule has 1 N–H and O–H groups in total. The lowest BCUT2D eigenvalue weighted by atomic mass is 10.1. The van der Waals surface area contributed by atoms with Crippen LogP contribution in [0.2, 0.25) is 0 Å². The van der Waals surface area contributed by atoms with Gasteiger partial charge in [-0.25, -0.2) is 0 Å². The fourth-order valence-corrected chi connectivity index (χ4v) is 2.52. The molecule has 0 radical (unpaired) electrons. The Bertz CT molecular complexity index is 710. The van der Waals surface area contributed by atoms with Gasteiger partial charge in [0.15, 0.2) is 11.5 Å². The van der Waals surface area contributed by atoms with Crippen LogP contribution in [0.3, 0.4) is 0 Å². The standard InChI is InChI=1S/C20H25NO3/c1-14-7-9-17(12-15(14)2)20(22)21-11-5-6-16-8-10-18(23-3)19(13-16)24-4/h7-10,12-13H,5-6,11H2,1-4H3,(H,21,22). The topological polar surface area (TPSA) is 47.6 Å². The van der Waals surface area contributed by atoms with Gasteiger partial charge in [-0.3, -0.25) is 4.79 Å². The summed E-state index contributed by atoms with van der Waals surface area (Å²) < 4.78 is 10.5. The molecule has 0 unspecified atom stereocenters. The fraction of sp³-hybridized carbons (Fsp3) is 0.350. The number of hydrogen-bond donors (Lipinski definition) is 1. The summed E-state index contributed by atoms with van der Waals surface area (Å²) in [5, 5.41) is 2.97. The summed E-state index contributed by atoms with van der Waals surface area (Å²) in [6.07, 6.45) is 1.74. The van der Waals surface area contributed by atoms with Gasteiger partial charge in [0.1, 0.15) is 0 Å². The third-order valence-corrected chi connectivity index (χ3v) is 4.14. The zero-order valence-corrected chi connectivity index (χ0v) is 14.8. The second-order valence-electron chi connectivity index (χ2n) is 5.85. The highest BCUT2D eigenvalue weighted by Crippen LogP contribution is 2.27. The third kappa shape index (κ3) is 4.51. The summed E-state index contributed by atoms with van der Waals surface area (Å²) in [4.78, 5) is 12.2. The Kier molecular flexibility index (Phi) is 6.24. The van der Waals surface area contributed by atoms with Crippen LogP contribution in [0.1, 0.15) is 33.5 Å². The first-order valence-corrected chi connectivity index (χ1v) is 8.11. The highest BCUT2D eigenvalue weighted by atomic mass is 16.5. The molecule has 0 heterocycles. The molecular weight excluding hydrogens is 302 g/mol. The lowest BCUT2D eigenvalue weighted by Crippen LogP contribution is -2.24. The molecule has 0 fully saturated rings. The van der Waals surface area contributed by atoms with E-state index >= 15 is 0 Å². The molecule has 0 saturated carbocycles. The third-order valence-electron chi connectivity index (χ3n) is 4.14. The van der Waals surface area contributed by atoms with Gasteiger partial charge in [0.2, 0.25) is 0 Å². The van der Waals surface area contributed by atoms with Crippen molar-refractivity contribution >= 4 is 5.91 Å². The van der Waals surface area contributed by atoms with E-state index in [-0.39, 0.29) is 5.91 Å². The Hall–Kier alpha value is -2.49. The molecule has 0 aromatic heterocycles. The predicted octanol–water partition coefficient (Wildman–Crippen LogP) is 3.68. The van der Waals surface area contributed by atoms with Crippen LogP contribution < -0.4 is 14.8 Å². The minimum absolute atomic E-state index is 0.0228. The fourth-order valence-electron chi connectivity index (χ4n) is 2.52. The van der Waals surface area contributed by atoms with Gasteiger partial charge in [-0.05, 0) is 67.6 Å². The molecule has 1 amide bonds. The SMILES string of the molecule is COc1ccc(CCCNC(=O)c2ccc(C)c(C)c2)cc1OC. The van der Waals surface area contributed by atoms with E-state index in [4.69, 9.17) is 9.47 Å². The molecule has 2 rings (SSSR count). The quantitative estimate of drug-likeness (QED) is 0.789. The molecule has 2 aromatic rings. The largest absolute Gasteiger partial charge is 0.493 e. The van der Waals surface area contributed by atoms with Crippen LogP contribution in [0.5, 0.6) is 11.5 Å². The molecule has 128 valence electrons. The predicted molar refractivity (Wildman–Crippen MR) is 96.1 cm³/mol. The van der Waals surface area contributed by atoms with E-state index in [0.29, 0.717) is 12.1 Å². The maximum Gasteiger partial charge on any atom is 0.251 e.